The molecule has 1 atom stereocenters. The van der Waals surface area contributed by atoms with E-state index in [4.69, 9.17) is 21.6 Å². The first-order valence-electron chi connectivity index (χ1n) is 6.86. The second kappa shape index (κ2) is 6.94. The van der Waals surface area contributed by atoms with Gasteiger partial charge in [0.15, 0.2) is 0 Å². The molecule has 0 bridgehead atoms. The van der Waals surface area contributed by atoms with Crippen molar-refractivity contribution in [2.45, 2.75) is 23.3 Å². The zero-order chi connectivity index (χ0) is 16.2. The smallest absolute Gasteiger partial charge is 0.240 e. The van der Waals surface area contributed by atoms with Crippen LogP contribution in [0.2, 0.25) is 5.02 Å². The summed E-state index contributed by atoms with van der Waals surface area (Å²) in [7, 11) is -2.12. The second-order valence-electron chi connectivity index (χ2n) is 5.32. The molecule has 120 valence electrons. The highest BCUT2D eigenvalue weighted by Crippen LogP contribution is 2.22. The largest absolute Gasteiger partial charge is 0.383 e. The molecule has 0 radical (unpaired) electrons. The van der Waals surface area contributed by atoms with Crippen LogP contribution in [0.3, 0.4) is 0 Å². The molecule has 1 aliphatic heterocycles. The summed E-state index contributed by atoms with van der Waals surface area (Å²) >= 11 is 5.83. The molecule has 2 N–H and O–H groups in total. The quantitative estimate of drug-likeness (QED) is 0.811. The molecule has 1 unspecified atom stereocenters. The number of benzene rings is 1. The highest BCUT2D eigenvalue weighted by Gasteiger charge is 2.34. The van der Waals surface area contributed by atoms with Gasteiger partial charge in [-0.15, -0.1) is 0 Å². The minimum Gasteiger partial charge on any atom is -0.383 e. The van der Waals surface area contributed by atoms with Gasteiger partial charge in [0, 0.05) is 13.7 Å². The zero-order valence-corrected chi connectivity index (χ0v) is 13.8. The molecule has 1 fully saturated rings. The van der Waals surface area contributed by atoms with Crippen molar-refractivity contribution in [3.63, 3.8) is 0 Å². The summed E-state index contributed by atoms with van der Waals surface area (Å²) in [5, 5.41) is 12.5. The fourth-order valence-electron chi connectivity index (χ4n) is 2.54. The number of halogens is 1. The Morgan fingerprint density at radius 2 is 2.32 bits per heavy atom. The number of ether oxygens (including phenoxy) is 1. The fourth-order valence-corrected chi connectivity index (χ4v) is 3.86. The molecule has 1 heterocycles. The minimum absolute atomic E-state index is 0.0269. The molecule has 2 rings (SSSR count). The third-order valence-electron chi connectivity index (χ3n) is 3.72. The van der Waals surface area contributed by atoms with Gasteiger partial charge in [0.05, 0.1) is 27.6 Å². The van der Waals surface area contributed by atoms with Gasteiger partial charge in [-0.3, -0.25) is 0 Å². The van der Waals surface area contributed by atoms with Crippen LogP contribution in [0, 0.1) is 11.3 Å². The molecular weight excluding hydrogens is 326 g/mol. The van der Waals surface area contributed by atoms with Crippen molar-refractivity contribution in [1.29, 1.82) is 5.26 Å². The summed E-state index contributed by atoms with van der Waals surface area (Å²) in [6.45, 7) is 1.50. The van der Waals surface area contributed by atoms with Gasteiger partial charge in [0.25, 0.3) is 0 Å². The molecule has 1 saturated heterocycles. The van der Waals surface area contributed by atoms with Gasteiger partial charge in [-0.05, 0) is 37.6 Å². The molecule has 22 heavy (non-hydrogen) atoms. The Balaban J connectivity index is 2.16. The maximum atomic E-state index is 12.4. The Morgan fingerprint density at radius 3 is 2.91 bits per heavy atom. The number of hydrogen-bond donors (Lipinski definition) is 2. The zero-order valence-electron chi connectivity index (χ0n) is 12.2. The van der Waals surface area contributed by atoms with Crippen molar-refractivity contribution in [2.75, 3.05) is 26.8 Å². The average Bonchev–Trinajstić information content (AvgIpc) is 2.95. The number of hydrogen-bond acceptors (Lipinski definition) is 5. The first kappa shape index (κ1) is 17.2. The number of sulfonamides is 1. The highest BCUT2D eigenvalue weighted by molar-refractivity contribution is 7.89. The number of nitriles is 1. The van der Waals surface area contributed by atoms with Crippen molar-refractivity contribution in [3.05, 3.63) is 28.8 Å². The van der Waals surface area contributed by atoms with Crippen molar-refractivity contribution in [2.24, 2.45) is 0 Å². The lowest BCUT2D eigenvalue weighted by atomic mass is 9.99. The van der Waals surface area contributed by atoms with Gasteiger partial charge in [-0.1, -0.05) is 11.6 Å². The van der Waals surface area contributed by atoms with Gasteiger partial charge in [-0.2, -0.15) is 5.26 Å². The Kier molecular flexibility index (Phi) is 5.42. The van der Waals surface area contributed by atoms with Crippen molar-refractivity contribution < 1.29 is 13.2 Å². The van der Waals surface area contributed by atoms with E-state index < -0.39 is 10.0 Å². The van der Waals surface area contributed by atoms with Crippen molar-refractivity contribution in [1.82, 2.24) is 10.0 Å². The predicted molar refractivity (Wildman–Crippen MR) is 83.2 cm³/mol. The van der Waals surface area contributed by atoms with Crippen LogP contribution in [-0.4, -0.2) is 40.8 Å². The van der Waals surface area contributed by atoms with E-state index in [-0.39, 0.29) is 27.6 Å². The fraction of sp³-hybridized carbons (Fsp3) is 0.500. The summed E-state index contributed by atoms with van der Waals surface area (Å²) in [6.07, 6.45) is 1.82. The normalized spacial score (nSPS) is 21.7. The van der Waals surface area contributed by atoms with Gasteiger partial charge in [0.2, 0.25) is 10.0 Å². The molecule has 6 nitrogen and oxygen atoms in total. The summed E-state index contributed by atoms with van der Waals surface area (Å²) in [5.41, 5.74) is -0.248. The highest BCUT2D eigenvalue weighted by atomic mass is 35.5. The number of methoxy groups -OCH3 is 1. The number of rotatable bonds is 6. The molecule has 0 saturated carbocycles. The van der Waals surface area contributed by atoms with E-state index in [9.17, 15) is 8.42 Å². The molecule has 0 aromatic heterocycles. The second-order valence-corrected chi connectivity index (χ2v) is 7.50. The van der Waals surface area contributed by atoms with Gasteiger partial charge >= 0.3 is 0 Å². The van der Waals surface area contributed by atoms with Gasteiger partial charge in [-0.25, -0.2) is 13.1 Å². The molecule has 1 aromatic carbocycles. The third kappa shape index (κ3) is 3.77. The van der Waals surface area contributed by atoms with E-state index >= 15 is 0 Å². The summed E-state index contributed by atoms with van der Waals surface area (Å²) in [5.74, 6) is 0. The van der Waals surface area contributed by atoms with Crippen molar-refractivity contribution in [3.8, 4) is 6.07 Å². The van der Waals surface area contributed by atoms with Crippen LogP contribution in [0.15, 0.2) is 23.1 Å². The maximum Gasteiger partial charge on any atom is 0.240 e. The van der Waals surface area contributed by atoms with Crippen LogP contribution in [0.25, 0.3) is 0 Å². The van der Waals surface area contributed by atoms with Crippen LogP contribution >= 0.6 is 11.6 Å². The number of nitrogens with one attached hydrogen (secondary N) is 2. The standard InChI is InChI=1S/C14H18ClN3O3S/c1-21-10-14(5-2-6-17-14)9-18-22(19,20)12-3-4-13(15)11(7-12)8-16/h3-4,7,17-18H,2,5-6,9-10H2,1H3. The average molecular weight is 344 g/mol. The van der Waals surface area contributed by atoms with Gasteiger partial charge in [0.1, 0.15) is 6.07 Å². The molecule has 1 aromatic rings. The SMILES string of the molecule is COCC1(CNS(=O)(=O)c2ccc(Cl)c(C#N)c2)CCCN1. The maximum absolute atomic E-state index is 12.4. The monoisotopic (exact) mass is 343 g/mol. The van der Waals surface area contributed by atoms with E-state index in [1.165, 1.54) is 18.2 Å². The van der Waals surface area contributed by atoms with Crippen LogP contribution in [0.1, 0.15) is 18.4 Å². The van der Waals surface area contributed by atoms with Gasteiger partial charge < -0.3 is 10.1 Å². The predicted octanol–water partition coefficient (Wildman–Crippen LogP) is 1.26. The van der Waals surface area contributed by atoms with Crippen LogP contribution < -0.4 is 10.0 Å². The van der Waals surface area contributed by atoms with E-state index in [2.05, 4.69) is 10.0 Å². The van der Waals surface area contributed by atoms with Crippen LogP contribution in [0.4, 0.5) is 0 Å². The lowest BCUT2D eigenvalue weighted by molar-refractivity contribution is 0.122. The summed E-state index contributed by atoms with van der Waals surface area (Å²) in [6, 6.07) is 5.95. The Morgan fingerprint density at radius 1 is 1.55 bits per heavy atom. The number of nitrogens with zero attached hydrogens (tertiary/aromatic N) is 1. The summed E-state index contributed by atoms with van der Waals surface area (Å²) in [4.78, 5) is 0.0269. The molecule has 8 heteroatoms. The lowest BCUT2D eigenvalue weighted by Gasteiger charge is -2.28. The molecule has 1 aliphatic rings. The van der Waals surface area contributed by atoms with Crippen molar-refractivity contribution >= 4 is 21.6 Å². The van der Waals surface area contributed by atoms with Crippen LogP contribution in [0.5, 0.6) is 0 Å². The Hall–Kier alpha value is -1.17. The topological polar surface area (TPSA) is 91.2 Å². The first-order chi connectivity index (χ1) is 10.4. The summed E-state index contributed by atoms with van der Waals surface area (Å²) < 4.78 is 32.6. The molecule has 0 amide bonds. The van der Waals surface area contributed by atoms with Crippen LogP contribution in [-0.2, 0) is 14.8 Å². The van der Waals surface area contributed by atoms with E-state index in [1.54, 1.807) is 7.11 Å². The molecule has 0 aliphatic carbocycles. The molecule has 0 spiro atoms. The Labute approximate surface area is 135 Å². The molecular formula is C14H18ClN3O3S. The van der Waals surface area contributed by atoms with E-state index in [0.717, 1.165) is 19.4 Å². The van der Waals surface area contributed by atoms with E-state index in [1.807, 2.05) is 6.07 Å². The van der Waals surface area contributed by atoms with E-state index in [0.29, 0.717) is 6.61 Å². The Bertz CT molecular complexity index is 679. The minimum atomic E-state index is -3.71. The lowest BCUT2D eigenvalue weighted by Crippen LogP contribution is -2.52. The third-order valence-corrected chi connectivity index (χ3v) is 5.45. The first-order valence-corrected chi connectivity index (χ1v) is 8.72.